The highest BCUT2D eigenvalue weighted by molar-refractivity contribution is 7.10. The van der Waals surface area contributed by atoms with Gasteiger partial charge in [0.2, 0.25) is 5.91 Å². The third-order valence-electron chi connectivity index (χ3n) is 6.71. The Morgan fingerprint density at radius 1 is 1.11 bits per heavy atom. The molecule has 1 fully saturated rings. The Morgan fingerprint density at radius 2 is 1.78 bits per heavy atom. The van der Waals surface area contributed by atoms with Crippen molar-refractivity contribution < 1.29 is 22.4 Å². The zero-order valence-electron chi connectivity index (χ0n) is 20.8. The van der Waals surface area contributed by atoms with Crippen molar-refractivity contribution in [2.75, 3.05) is 31.1 Å². The number of aromatic nitrogens is 1. The van der Waals surface area contributed by atoms with Gasteiger partial charge in [0.15, 0.2) is 0 Å². The number of thiazole rings is 1. The summed E-state index contributed by atoms with van der Waals surface area (Å²) >= 11 is 1.62. The van der Waals surface area contributed by atoms with Gasteiger partial charge in [-0.05, 0) is 51.0 Å². The van der Waals surface area contributed by atoms with Gasteiger partial charge in [-0.3, -0.25) is 4.79 Å². The van der Waals surface area contributed by atoms with Crippen LogP contribution in [-0.4, -0.2) is 42.0 Å². The van der Waals surface area contributed by atoms with Gasteiger partial charge in [-0.15, -0.1) is 11.3 Å². The molecule has 0 unspecified atom stereocenters. The summed E-state index contributed by atoms with van der Waals surface area (Å²) in [6, 6.07) is 11.4. The number of hydrogen-bond donors (Lipinski definition) is 0. The van der Waals surface area contributed by atoms with Gasteiger partial charge in [-0.25, -0.2) is 9.37 Å². The lowest BCUT2D eigenvalue weighted by atomic mass is 9.97. The van der Waals surface area contributed by atoms with Crippen molar-refractivity contribution >= 4 is 29.0 Å². The highest BCUT2D eigenvalue weighted by Crippen LogP contribution is 2.34. The number of carbonyl (C=O) groups is 1. The van der Waals surface area contributed by atoms with Crippen LogP contribution in [0.25, 0.3) is 17.3 Å². The third-order valence-corrected chi connectivity index (χ3v) is 7.72. The fraction of sp³-hybridized carbons (Fsp3) is 0.357. The second-order valence-electron chi connectivity index (χ2n) is 8.93. The summed E-state index contributed by atoms with van der Waals surface area (Å²) in [6.07, 6.45) is -1.05. The molecular formula is C28H29F4N3OS. The summed E-state index contributed by atoms with van der Waals surface area (Å²) in [5, 5.41) is 3.10. The van der Waals surface area contributed by atoms with Gasteiger partial charge >= 0.3 is 6.18 Å². The molecule has 196 valence electrons. The molecule has 0 N–H and O–H groups in total. The molecule has 0 aliphatic carbocycles. The average Bonchev–Trinajstić information content (AvgIpc) is 3.39. The summed E-state index contributed by atoms with van der Waals surface area (Å²) in [7, 11) is 0. The first kappa shape index (κ1) is 26.9. The number of likely N-dealkylation sites (tertiary alicyclic amines) is 1. The molecule has 0 atom stereocenters. The first-order chi connectivity index (χ1) is 17.7. The van der Waals surface area contributed by atoms with E-state index >= 15 is 0 Å². The molecule has 9 heteroatoms. The van der Waals surface area contributed by atoms with E-state index in [9.17, 15) is 22.4 Å². The van der Waals surface area contributed by atoms with Crippen molar-refractivity contribution in [3.8, 4) is 11.3 Å². The minimum Gasteiger partial charge on any atom is -0.372 e. The van der Waals surface area contributed by atoms with Crippen LogP contribution in [0.4, 0.5) is 23.2 Å². The Balaban J connectivity index is 1.35. The van der Waals surface area contributed by atoms with Gasteiger partial charge in [0.25, 0.3) is 0 Å². The van der Waals surface area contributed by atoms with E-state index in [1.165, 1.54) is 11.8 Å². The fourth-order valence-corrected chi connectivity index (χ4v) is 5.55. The lowest BCUT2D eigenvalue weighted by molar-refractivity contribution is -0.140. The van der Waals surface area contributed by atoms with Crippen LogP contribution >= 0.6 is 11.3 Å². The lowest BCUT2D eigenvalue weighted by Gasteiger charge is -2.30. The predicted octanol–water partition coefficient (Wildman–Crippen LogP) is 7.23. The Kier molecular flexibility index (Phi) is 8.32. The normalized spacial score (nSPS) is 14.9. The molecule has 1 saturated heterocycles. The monoisotopic (exact) mass is 531 g/mol. The van der Waals surface area contributed by atoms with Crippen molar-refractivity contribution in [1.29, 1.82) is 0 Å². The topological polar surface area (TPSA) is 36.4 Å². The maximum Gasteiger partial charge on any atom is 0.419 e. The van der Waals surface area contributed by atoms with Crippen LogP contribution in [0.3, 0.4) is 0 Å². The highest BCUT2D eigenvalue weighted by Gasteiger charge is 2.34. The molecule has 2 aromatic carbocycles. The predicted molar refractivity (Wildman–Crippen MR) is 140 cm³/mol. The molecule has 4 nitrogen and oxygen atoms in total. The molecular weight excluding hydrogens is 502 g/mol. The van der Waals surface area contributed by atoms with Crippen LogP contribution < -0.4 is 4.90 Å². The molecule has 2 heterocycles. The van der Waals surface area contributed by atoms with Crippen molar-refractivity contribution in [2.45, 2.75) is 38.8 Å². The Bertz CT molecular complexity index is 1240. The molecule has 1 aliphatic heterocycles. The number of nitrogens with zero attached hydrogens (tertiary/aromatic N) is 3. The van der Waals surface area contributed by atoms with E-state index in [1.54, 1.807) is 16.2 Å². The third kappa shape index (κ3) is 6.21. The van der Waals surface area contributed by atoms with Crippen LogP contribution in [0.15, 0.2) is 53.9 Å². The molecule has 37 heavy (non-hydrogen) atoms. The number of benzene rings is 2. The number of piperidine rings is 1. The number of hydrogen-bond acceptors (Lipinski definition) is 4. The molecule has 1 amide bonds. The average molecular weight is 532 g/mol. The van der Waals surface area contributed by atoms with Gasteiger partial charge < -0.3 is 9.80 Å². The second kappa shape index (κ2) is 11.5. The summed E-state index contributed by atoms with van der Waals surface area (Å²) in [5.74, 6) is -1.48. The van der Waals surface area contributed by atoms with Gasteiger partial charge in [0, 0.05) is 60.4 Å². The molecule has 0 bridgehead atoms. The number of halogens is 4. The summed E-state index contributed by atoms with van der Waals surface area (Å²) in [5.41, 5.74) is 1.59. The SMILES string of the molecule is CCN(CC)c1ccc(-c2csc(C3CCN(C(=O)/C=C/c4cccc(C(F)(F)F)c4F)CC3)n2)cc1. The molecule has 3 aromatic rings. The minimum atomic E-state index is -4.79. The zero-order valence-corrected chi connectivity index (χ0v) is 21.6. The van der Waals surface area contributed by atoms with Crippen molar-refractivity contribution in [3.63, 3.8) is 0 Å². The standard InChI is InChI=1S/C28H29F4N3OS/c1-3-34(4-2)22-11-8-19(9-12-22)24-18-37-27(33-24)21-14-16-35(17-15-21)25(36)13-10-20-6-5-7-23(26(20)29)28(30,31)32/h5-13,18,21H,3-4,14-17H2,1-2H3/b13-10+. The van der Waals surface area contributed by atoms with E-state index in [0.29, 0.717) is 19.2 Å². The van der Waals surface area contributed by atoms with Crippen LogP contribution in [0.2, 0.25) is 0 Å². The number of anilines is 1. The summed E-state index contributed by atoms with van der Waals surface area (Å²) in [4.78, 5) is 21.4. The van der Waals surface area contributed by atoms with E-state index in [-0.39, 0.29) is 17.4 Å². The number of amides is 1. The largest absolute Gasteiger partial charge is 0.419 e. The van der Waals surface area contributed by atoms with E-state index < -0.39 is 17.6 Å². The Labute approximate surface area is 218 Å². The van der Waals surface area contributed by atoms with Gasteiger partial charge in [-0.1, -0.05) is 24.3 Å². The number of carbonyl (C=O) groups excluding carboxylic acids is 1. The Morgan fingerprint density at radius 3 is 2.41 bits per heavy atom. The van der Waals surface area contributed by atoms with Gasteiger partial charge in [-0.2, -0.15) is 13.2 Å². The molecule has 4 rings (SSSR count). The van der Waals surface area contributed by atoms with Crippen LogP contribution in [0.5, 0.6) is 0 Å². The maximum absolute atomic E-state index is 14.2. The van der Waals surface area contributed by atoms with E-state index in [0.717, 1.165) is 60.4 Å². The number of rotatable bonds is 7. The Hall–Kier alpha value is -3.20. The van der Waals surface area contributed by atoms with Crippen LogP contribution in [-0.2, 0) is 11.0 Å². The molecule has 1 aromatic heterocycles. The minimum absolute atomic E-state index is 0.239. The molecule has 0 radical (unpaired) electrons. The summed E-state index contributed by atoms with van der Waals surface area (Å²) in [6.45, 7) is 7.19. The zero-order chi connectivity index (χ0) is 26.6. The van der Waals surface area contributed by atoms with Crippen molar-refractivity contribution in [2.24, 2.45) is 0 Å². The summed E-state index contributed by atoms with van der Waals surface area (Å²) < 4.78 is 53.0. The van der Waals surface area contributed by atoms with Gasteiger partial charge in [0.1, 0.15) is 5.82 Å². The quantitative estimate of drug-likeness (QED) is 0.238. The molecule has 0 spiro atoms. The van der Waals surface area contributed by atoms with Crippen molar-refractivity contribution in [1.82, 2.24) is 9.88 Å². The molecule has 1 aliphatic rings. The van der Waals surface area contributed by atoms with Crippen LogP contribution in [0, 0.1) is 5.82 Å². The first-order valence-corrected chi connectivity index (χ1v) is 13.2. The molecule has 0 saturated carbocycles. The maximum atomic E-state index is 14.2. The van der Waals surface area contributed by atoms with E-state index in [1.807, 2.05) is 0 Å². The van der Waals surface area contributed by atoms with Crippen LogP contribution in [0.1, 0.15) is 48.7 Å². The van der Waals surface area contributed by atoms with E-state index in [2.05, 4.69) is 48.4 Å². The fourth-order valence-electron chi connectivity index (χ4n) is 4.55. The smallest absolute Gasteiger partial charge is 0.372 e. The second-order valence-corrected chi connectivity index (χ2v) is 9.82. The van der Waals surface area contributed by atoms with Gasteiger partial charge in [0.05, 0.1) is 16.3 Å². The highest BCUT2D eigenvalue weighted by atomic mass is 32.1. The first-order valence-electron chi connectivity index (χ1n) is 12.3. The lowest BCUT2D eigenvalue weighted by Crippen LogP contribution is -2.36. The number of alkyl halides is 3. The van der Waals surface area contributed by atoms with Crippen molar-refractivity contribution in [3.05, 3.63) is 75.9 Å². The van der Waals surface area contributed by atoms with E-state index in [4.69, 9.17) is 4.98 Å².